The second-order valence-electron chi connectivity index (χ2n) is 28.7. The molecule has 20 nitrogen and oxygen atoms in total. The zero-order valence-electron chi connectivity index (χ0n) is 58.4. The lowest BCUT2D eigenvalue weighted by molar-refractivity contribution is -0.179. The highest BCUT2D eigenvalue weighted by molar-refractivity contribution is 7.89. The maximum Gasteiger partial charge on any atom is 0.391 e. The summed E-state index contributed by atoms with van der Waals surface area (Å²) in [6.07, 6.45) is 2.09. The first kappa shape index (κ1) is 75.3. The maximum absolute atomic E-state index is 14.8. The summed E-state index contributed by atoms with van der Waals surface area (Å²) in [5.74, 6) is -2.86. The van der Waals surface area contributed by atoms with Gasteiger partial charge in [-0.1, -0.05) is 78.9 Å². The van der Waals surface area contributed by atoms with E-state index in [-0.39, 0.29) is 140 Å². The zero-order chi connectivity index (χ0) is 72.5. The van der Waals surface area contributed by atoms with Crippen LogP contribution in [0.15, 0.2) is 166 Å². The van der Waals surface area contributed by atoms with Crippen LogP contribution in [-0.4, -0.2) is 183 Å². The molecule has 103 heavy (non-hydrogen) atoms. The number of halogens is 3. The maximum atomic E-state index is 14.8. The van der Waals surface area contributed by atoms with E-state index >= 15 is 0 Å². The number of benzene rings is 6. The summed E-state index contributed by atoms with van der Waals surface area (Å²) in [4.78, 5) is 48.1. The van der Waals surface area contributed by atoms with E-state index in [9.17, 15) is 57.9 Å². The zero-order valence-corrected chi connectivity index (χ0v) is 60.9. The fraction of sp³-hybridized carbons (Fsp3) is 0.494. The van der Waals surface area contributed by atoms with Crippen molar-refractivity contribution in [3.8, 4) is 0 Å². The molecule has 0 bridgehead atoms. The van der Waals surface area contributed by atoms with Crippen molar-refractivity contribution in [3.05, 3.63) is 179 Å². The number of anilines is 3. The second-order valence-corrected chi connectivity index (χ2v) is 34.5. The summed E-state index contributed by atoms with van der Waals surface area (Å²) in [5.41, 5.74) is 6.76. The van der Waals surface area contributed by atoms with Gasteiger partial charge in [0.25, 0.3) is 0 Å². The lowest BCUT2D eigenvalue weighted by Gasteiger charge is -2.38. The molecule has 5 atom stereocenters. The van der Waals surface area contributed by atoms with Gasteiger partial charge in [-0.3, -0.25) is 14.4 Å². The van der Waals surface area contributed by atoms with E-state index in [1.807, 2.05) is 95.9 Å². The van der Waals surface area contributed by atoms with Crippen LogP contribution < -0.4 is 30.7 Å². The molecule has 3 amide bonds. The first-order chi connectivity index (χ1) is 49.4. The molecule has 0 saturated carbocycles. The molecule has 6 aromatic rings. The van der Waals surface area contributed by atoms with Gasteiger partial charge in [0.15, 0.2) is 0 Å². The smallest absolute Gasteiger partial charge is 0.391 e. The Kier molecular flexibility index (Phi) is 24.4. The van der Waals surface area contributed by atoms with Gasteiger partial charge in [-0.15, -0.1) is 0 Å². The third kappa shape index (κ3) is 19.2. The molecule has 6 heterocycles. The van der Waals surface area contributed by atoms with Crippen LogP contribution in [0, 0.1) is 5.92 Å². The molecule has 6 aliphatic rings. The highest BCUT2D eigenvalue weighted by atomic mass is 32.2. The number of rotatable bonds is 24. The average molecular weight is 1480 g/mol. The minimum Gasteiger partial charge on any atom is -0.393 e. The van der Waals surface area contributed by atoms with Crippen LogP contribution in [-0.2, 0) is 68.5 Å². The van der Waals surface area contributed by atoms with E-state index in [0.29, 0.717) is 83.1 Å². The Morgan fingerprint density at radius 1 is 0.447 bits per heavy atom. The monoisotopic (exact) mass is 1480 g/mol. The van der Waals surface area contributed by atoms with Crippen molar-refractivity contribution in [1.82, 2.24) is 28.9 Å². The number of nitrogens with zero attached hydrogens (tertiary/aromatic N) is 6. The van der Waals surface area contributed by atoms with E-state index < -0.39 is 54.2 Å². The number of nitrogens with one attached hydrogen (secondary N) is 3. The first-order valence-electron chi connectivity index (χ1n) is 36.4. The molecule has 0 spiro atoms. The minimum absolute atomic E-state index is 0.00595. The molecule has 6 fully saturated rings. The lowest BCUT2D eigenvalue weighted by Crippen LogP contribution is -2.52. The number of alkyl halides is 3. The van der Waals surface area contributed by atoms with Gasteiger partial charge in [0, 0.05) is 140 Å². The molecule has 12 rings (SSSR count). The second kappa shape index (κ2) is 33.3. The Bertz CT molecular complexity index is 4220. The lowest BCUT2D eigenvalue weighted by atomic mass is 9.87. The number of aliphatic hydroxyl groups excluding tert-OH is 1. The quantitative estimate of drug-likeness (QED) is 0.0442. The number of piperidine rings is 6. The molecule has 6 aliphatic heterocycles. The Labute approximate surface area is 604 Å². The molecule has 5 unspecified atom stereocenters. The van der Waals surface area contributed by atoms with Gasteiger partial charge in [0.2, 0.25) is 47.8 Å². The van der Waals surface area contributed by atoms with Gasteiger partial charge >= 0.3 is 6.18 Å². The van der Waals surface area contributed by atoms with Crippen molar-refractivity contribution < 1.29 is 62.7 Å². The van der Waals surface area contributed by atoms with Crippen molar-refractivity contribution in [3.63, 3.8) is 0 Å². The SMILES string of the molecule is COC1CCN(c2ccc(S(=O)(=O)N3CCCC(NC(=O)CCc4cccc(C5CC(NC(=O)CCc6cccc(C7CC(NC(=O)CCc8ccccc8)CN(S(=O)(=O)c8ccc(N9CCC(C(F)(F)F)CC9)cc8)C7)c6)CN(S(=O)(=O)c6ccc(N7CCC(O)CC7)cc6)C5)c4)C3)cc2)CC1. The number of aryl methyl sites for hydroxylation is 3. The van der Waals surface area contributed by atoms with Crippen LogP contribution >= 0.6 is 0 Å². The number of aliphatic hydroxyl groups is 1. The Morgan fingerprint density at radius 2 is 0.825 bits per heavy atom. The van der Waals surface area contributed by atoms with Crippen LogP contribution in [0.3, 0.4) is 0 Å². The van der Waals surface area contributed by atoms with Crippen molar-refractivity contribution in [2.45, 2.75) is 166 Å². The predicted octanol–water partition coefficient (Wildman–Crippen LogP) is 9.54. The average Bonchev–Trinajstić information content (AvgIpc) is 0.789. The van der Waals surface area contributed by atoms with Crippen LogP contribution in [0.1, 0.15) is 123 Å². The largest absolute Gasteiger partial charge is 0.393 e. The van der Waals surface area contributed by atoms with E-state index in [0.717, 1.165) is 65.1 Å². The summed E-state index contributed by atoms with van der Waals surface area (Å²) < 4.78 is 137. The van der Waals surface area contributed by atoms with Gasteiger partial charge < -0.3 is 40.5 Å². The van der Waals surface area contributed by atoms with Gasteiger partial charge in [0.05, 0.1) is 32.8 Å². The van der Waals surface area contributed by atoms with Gasteiger partial charge in [-0.2, -0.15) is 26.1 Å². The first-order valence-corrected chi connectivity index (χ1v) is 40.7. The molecule has 26 heteroatoms. The van der Waals surface area contributed by atoms with E-state index in [1.54, 1.807) is 55.6 Å². The van der Waals surface area contributed by atoms with E-state index in [4.69, 9.17) is 4.74 Å². The topological polar surface area (TPSA) is 239 Å². The molecule has 0 aliphatic carbocycles. The summed E-state index contributed by atoms with van der Waals surface area (Å²) >= 11 is 0. The number of hydrogen-bond donors (Lipinski definition) is 4. The molecule has 6 aromatic carbocycles. The van der Waals surface area contributed by atoms with Gasteiger partial charge in [-0.25, -0.2) is 25.3 Å². The van der Waals surface area contributed by atoms with Crippen LogP contribution in [0.4, 0.5) is 30.2 Å². The number of sulfonamides is 3. The fourth-order valence-electron chi connectivity index (χ4n) is 15.7. The molecule has 0 radical (unpaired) electrons. The molecular weight excluding hydrogens is 1380 g/mol. The number of methoxy groups -OCH3 is 1. The number of ether oxygens (including phenoxy) is 1. The van der Waals surface area contributed by atoms with Crippen molar-refractivity contribution in [2.24, 2.45) is 5.92 Å². The van der Waals surface area contributed by atoms with Gasteiger partial charge in [0.1, 0.15) is 0 Å². The van der Waals surface area contributed by atoms with Crippen LogP contribution in [0.5, 0.6) is 0 Å². The van der Waals surface area contributed by atoms with Gasteiger partial charge in [-0.05, 0) is 196 Å². The van der Waals surface area contributed by atoms with Crippen molar-refractivity contribution >= 4 is 64.9 Å². The highest BCUT2D eigenvalue weighted by Crippen LogP contribution is 2.38. The number of carbonyl (C=O) groups is 3. The number of hydrogen-bond acceptors (Lipinski definition) is 14. The Balaban J connectivity index is 0.702. The molecule has 554 valence electrons. The summed E-state index contributed by atoms with van der Waals surface area (Å²) in [5, 5.41) is 19.6. The molecule has 4 N–H and O–H groups in total. The fourth-order valence-corrected chi connectivity index (χ4v) is 20.3. The molecular formula is C77H96F3N9O11S3. The minimum atomic E-state index is -4.27. The highest BCUT2D eigenvalue weighted by Gasteiger charge is 2.43. The third-order valence-corrected chi connectivity index (χ3v) is 27.2. The number of carbonyl (C=O) groups excluding carboxylic acids is 3. The van der Waals surface area contributed by atoms with E-state index in [1.165, 1.54) is 25.0 Å². The molecule has 6 saturated heterocycles. The van der Waals surface area contributed by atoms with Crippen molar-refractivity contribution in [1.29, 1.82) is 0 Å². The summed E-state index contributed by atoms with van der Waals surface area (Å²) in [6.45, 7) is 4.04. The van der Waals surface area contributed by atoms with Crippen LogP contribution in [0.2, 0.25) is 0 Å². The Hall–Kier alpha value is -7.43. The predicted molar refractivity (Wildman–Crippen MR) is 390 cm³/mol. The standard InChI is InChI=1S/C77H96F3N9O11S3/c1-100-70-37-44-86(45-38-70)68-18-24-71(25-19-68)101(94,95)87-39-7-14-63(52-87)81-74(91)31-16-56-10-5-12-58(46-56)61-49-65(54-89(51-61)103(98,99)73-28-22-67(23-29-73)85-42-35-69(90)36-43-85)83-76(93)32-17-57-11-6-13-59(47-57)60-48-64(82-75(92)30-15-55-8-3-2-4-9-55)53-88(50-60)102(96,97)72-26-20-66(21-27-72)84-40-33-62(34-41-84)77(78,79)80/h2-6,8-13,18-29,46-47,60-65,69-70,90H,7,14-17,30-45,48-54H2,1H3,(H,81,91)(H,82,92)(H,83,93). The summed E-state index contributed by atoms with van der Waals surface area (Å²) in [6, 6.07) is 43.5. The third-order valence-electron chi connectivity index (χ3n) is 21.6. The number of amides is 3. The molecule has 0 aromatic heterocycles. The summed E-state index contributed by atoms with van der Waals surface area (Å²) in [7, 11) is -10.4. The Morgan fingerprint density at radius 3 is 1.25 bits per heavy atom. The van der Waals surface area contributed by atoms with E-state index in [2.05, 4.69) is 25.8 Å². The normalized spacial score (nSPS) is 22.2. The van der Waals surface area contributed by atoms with Crippen molar-refractivity contribution in [2.75, 3.05) is 100 Å². The van der Waals surface area contributed by atoms with Crippen LogP contribution in [0.25, 0.3) is 0 Å².